The molecular weight excluding hydrogens is 276 g/mol. The lowest BCUT2D eigenvalue weighted by molar-refractivity contribution is -0.127. The predicted octanol–water partition coefficient (Wildman–Crippen LogP) is 2.09. The second-order valence-corrected chi connectivity index (χ2v) is 4.87. The Morgan fingerprint density at radius 3 is 2.75 bits per heavy atom. The maximum atomic E-state index is 11.9. The fraction of sp³-hybridized carbons (Fsp3) is 0.385. The standard InChI is InChI=1S/C13H16N4O2S/c1-3-17(4-2)11(18)9-20-13-16-15-12(19-13)10-7-5-6-8-14-10/h5-8H,3-4,9H2,1-2H3. The first-order valence-corrected chi connectivity index (χ1v) is 7.38. The van der Waals surface area contributed by atoms with Crippen LogP contribution in [0.1, 0.15) is 13.8 Å². The van der Waals surface area contributed by atoms with Gasteiger partial charge in [0, 0.05) is 19.3 Å². The van der Waals surface area contributed by atoms with Crippen LogP contribution in [-0.4, -0.2) is 44.8 Å². The Hall–Kier alpha value is -1.89. The monoisotopic (exact) mass is 292 g/mol. The van der Waals surface area contributed by atoms with E-state index >= 15 is 0 Å². The molecule has 2 aromatic heterocycles. The second kappa shape index (κ2) is 7.04. The van der Waals surface area contributed by atoms with Gasteiger partial charge in [0.05, 0.1) is 5.75 Å². The minimum atomic E-state index is 0.0672. The summed E-state index contributed by atoms with van der Waals surface area (Å²) < 4.78 is 5.47. The Morgan fingerprint density at radius 1 is 1.30 bits per heavy atom. The van der Waals surface area contributed by atoms with Gasteiger partial charge < -0.3 is 9.32 Å². The van der Waals surface area contributed by atoms with E-state index in [-0.39, 0.29) is 5.91 Å². The molecule has 0 bridgehead atoms. The Balaban J connectivity index is 1.95. The summed E-state index contributed by atoms with van der Waals surface area (Å²) in [5.41, 5.74) is 0.627. The Morgan fingerprint density at radius 2 is 2.10 bits per heavy atom. The quantitative estimate of drug-likeness (QED) is 0.759. The van der Waals surface area contributed by atoms with E-state index in [0.29, 0.717) is 35.6 Å². The minimum absolute atomic E-state index is 0.0672. The molecule has 0 fully saturated rings. The van der Waals surface area contributed by atoms with Crippen molar-refractivity contribution >= 4 is 17.7 Å². The smallest absolute Gasteiger partial charge is 0.277 e. The average molecular weight is 292 g/mol. The van der Waals surface area contributed by atoms with E-state index in [0.717, 1.165) is 0 Å². The number of carbonyl (C=O) groups is 1. The van der Waals surface area contributed by atoms with Crippen molar-refractivity contribution in [1.82, 2.24) is 20.1 Å². The first kappa shape index (κ1) is 14.5. The maximum Gasteiger partial charge on any atom is 0.277 e. The number of pyridine rings is 1. The van der Waals surface area contributed by atoms with E-state index in [1.54, 1.807) is 17.2 Å². The van der Waals surface area contributed by atoms with Crippen molar-refractivity contribution in [3.8, 4) is 11.6 Å². The summed E-state index contributed by atoms with van der Waals surface area (Å²) in [5.74, 6) is 0.729. The van der Waals surface area contributed by atoms with E-state index in [2.05, 4.69) is 15.2 Å². The van der Waals surface area contributed by atoms with Crippen molar-refractivity contribution in [1.29, 1.82) is 0 Å². The Kier molecular flexibility index (Phi) is 5.11. The number of rotatable bonds is 6. The molecule has 0 atom stereocenters. The number of hydrogen-bond donors (Lipinski definition) is 0. The van der Waals surface area contributed by atoms with Crippen LogP contribution in [0.25, 0.3) is 11.6 Å². The fourth-order valence-corrected chi connectivity index (χ4v) is 2.32. The van der Waals surface area contributed by atoms with Crippen LogP contribution in [0.4, 0.5) is 0 Å². The summed E-state index contributed by atoms with van der Waals surface area (Å²) in [5, 5.41) is 8.22. The number of nitrogens with zero attached hydrogens (tertiary/aromatic N) is 4. The van der Waals surface area contributed by atoms with Crippen molar-refractivity contribution in [3.63, 3.8) is 0 Å². The zero-order chi connectivity index (χ0) is 14.4. The molecule has 1 amide bonds. The van der Waals surface area contributed by atoms with Gasteiger partial charge in [0.2, 0.25) is 5.91 Å². The SMILES string of the molecule is CCN(CC)C(=O)CSc1nnc(-c2ccccn2)o1. The molecule has 20 heavy (non-hydrogen) atoms. The molecule has 0 radical (unpaired) electrons. The molecule has 0 spiro atoms. The van der Waals surface area contributed by atoms with Gasteiger partial charge in [0.1, 0.15) is 5.69 Å². The lowest BCUT2D eigenvalue weighted by Crippen LogP contribution is -2.31. The molecule has 0 unspecified atom stereocenters. The van der Waals surface area contributed by atoms with Crippen LogP contribution < -0.4 is 0 Å². The van der Waals surface area contributed by atoms with Gasteiger partial charge in [0.15, 0.2) is 0 Å². The maximum absolute atomic E-state index is 11.9. The third-order valence-electron chi connectivity index (χ3n) is 2.73. The third kappa shape index (κ3) is 3.57. The highest BCUT2D eigenvalue weighted by atomic mass is 32.2. The van der Waals surface area contributed by atoms with Crippen LogP contribution in [0.15, 0.2) is 34.0 Å². The summed E-state index contributed by atoms with van der Waals surface area (Å²) in [6.45, 7) is 5.33. The molecule has 0 saturated heterocycles. The molecule has 0 aliphatic carbocycles. The van der Waals surface area contributed by atoms with Gasteiger partial charge in [0.25, 0.3) is 11.1 Å². The number of amides is 1. The number of aromatic nitrogens is 3. The predicted molar refractivity (Wildman–Crippen MR) is 76.2 cm³/mol. The highest BCUT2D eigenvalue weighted by Crippen LogP contribution is 2.21. The number of thioether (sulfide) groups is 1. The molecule has 7 heteroatoms. The van der Waals surface area contributed by atoms with Gasteiger partial charge in [-0.2, -0.15) is 0 Å². The fourth-order valence-electron chi connectivity index (χ4n) is 1.65. The highest BCUT2D eigenvalue weighted by Gasteiger charge is 2.14. The molecule has 2 heterocycles. The van der Waals surface area contributed by atoms with E-state index in [4.69, 9.17) is 4.42 Å². The summed E-state index contributed by atoms with van der Waals surface area (Å²) in [4.78, 5) is 17.8. The highest BCUT2D eigenvalue weighted by molar-refractivity contribution is 7.99. The van der Waals surface area contributed by atoms with Gasteiger partial charge >= 0.3 is 0 Å². The lowest BCUT2D eigenvalue weighted by atomic mass is 10.3. The minimum Gasteiger partial charge on any atom is -0.410 e. The van der Waals surface area contributed by atoms with Crippen molar-refractivity contribution in [2.45, 2.75) is 19.1 Å². The molecule has 2 rings (SSSR count). The zero-order valence-corrected chi connectivity index (χ0v) is 12.3. The Bertz CT molecular complexity index is 555. The van der Waals surface area contributed by atoms with Gasteiger partial charge in [-0.05, 0) is 26.0 Å². The zero-order valence-electron chi connectivity index (χ0n) is 11.4. The average Bonchev–Trinajstić information content (AvgIpc) is 2.96. The molecule has 0 aromatic carbocycles. The van der Waals surface area contributed by atoms with Crippen LogP contribution in [0, 0.1) is 0 Å². The van der Waals surface area contributed by atoms with Gasteiger partial charge in [-0.3, -0.25) is 9.78 Å². The van der Waals surface area contributed by atoms with Crippen LogP contribution in [0.5, 0.6) is 0 Å². The normalized spacial score (nSPS) is 10.5. The molecule has 0 saturated carbocycles. The van der Waals surface area contributed by atoms with Gasteiger partial charge in [-0.15, -0.1) is 10.2 Å². The second-order valence-electron chi connectivity index (χ2n) is 3.94. The molecule has 0 N–H and O–H groups in total. The van der Waals surface area contributed by atoms with E-state index in [1.807, 2.05) is 26.0 Å². The summed E-state index contributed by atoms with van der Waals surface area (Å²) in [7, 11) is 0. The number of hydrogen-bond acceptors (Lipinski definition) is 6. The number of carbonyl (C=O) groups excluding carboxylic acids is 1. The van der Waals surface area contributed by atoms with Crippen LogP contribution in [-0.2, 0) is 4.79 Å². The molecule has 0 aliphatic heterocycles. The summed E-state index contributed by atoms with van der Waals surface area (Å²) in [6.07, 6.45) is 1.66. The van der Waals surface area contributed by atoms with Crippen molar-refractivity contribution in [3.05, 3.63) is 24.4 Å². The molecule has 6 nitrogen and oxygen atoms in total. The first-order chi connectivity index (χ1) is 9.74. The topological polar surface area (TPSA) is 72.1 Å². The molecule has 0 aliphatic rings. The Labute approximate surface area is 121 Å². The van der Waals surface area contributed by atoms with Crippen LogP contribution in [0.2, 0.25) is 0 Å². The van der Waals surface area contributed by atoms with Crippen LogP contribution >= 0.6 is 11.8 Å². The van der Waals surface area contributed by atoms with Crippen LogP contribution in [0.3, 0.4) is 0 Å². The molecule has 106 valence electrons. The van der Waals surface area contributed by atoms with E-state index in [1.165, 1.54) is 11.8 Å². The van der Waals surface area contributed by atoms with Crippen molar-refractivity contribution in [2.24, 2.45) is 0 Å². The van der Waals surface area contributed by atoms with Crippen molar-refractivity contribution < 1.29 is 9.21 Å². The summed E-state index contributed by atoms with van der Waals surface area (Å²) >= 11 is 1.24. The largest absolute Gasteiger partial charge is 0.410 e. The summed E-state index contributed by atoms with van der Waals surface area (Å²) in [6, 6.07) is 5.46. The van der Waals surface area contributed by atoms with Crippen molar-refractivity contribution in [2.75, 3.05) is 18.8 Å². The molecule has 2 aromatic rings. The first-order valence-electron chi connectivity index (χ1n) is 6.40. The van der Waals surface area contributed by atoms with E-state index in [9.17, 15) is 4.79 Å². The van der Waals surface area contributed by atoms with Gasteiger partial charge in [-0.25, -0.2) is 0 Å². The van der Waals surface area contributed by atoms with Gasteiger partial charge in [-0.1, -0.05) is 17.8 Å². The lowest BCUT2D eigenvalue weighted by Gasteiger charge is -2.17. The van der Waals surface area contributed by atoms with E-state index < -0.39 is 0 Å². The third-order valence-corrected chi connectivity index (χ3v) is 3.53. The molecular formula is C13H16N4O2S.